The topological polar surface area (TPSA) is 70.5 Å². The molecule has 4 N–H and O–H groups in total. The molecule has 4 heteroatoms. The van der Waals surface area contributed by atoms with Gasteiger partial charge in [-0.2, -0.15) is 0 Å². The molecule has 0 aliphatic carbocycles. The van der Waals surface area contributed by atoms with E-state index in [1.165, 1.54) is 56.1 Å². The lowest BCUT2D eigenvalue weighted by Gasteiger charge is -2.31. The van der Waals surface area contributed by atoms with E-state index in [4.69, 9.17) is 20.9 Å². The highest BCUT2D eigenvalue weighted by molar-refractivity contribution is 5.55. The average molecular weight is 523 g/mol. The monoisotopic (exact) mass is 522 g/mol. The zero-order chi connectivity index (χ0) is 27.5. The van der Waals surface area contributed by atoms with Crippen LogP contribution in [0.4, 0.5) is 11.4 Å². The van der Waals surface area contributed by atoms with Crippen LogP contribution in [0.25, 0.3) is 0 Å². The van der Waals surface area contributed by atoms with Crippen molar-refractivity contribution in [1.29, 1.82) is 0 Å². The predicted molar refractivity (Wildman–Crippen MR) is 164 cm³/mol. The van der Waals surface area contributed by atoms with Crippen molar-refractivity contribution in [3.63, 3.8) is 0 Å². The van der Waals surface area contributed by atoms with Crippen LogP contribution >= 0.6 is 0 Å². The lowest BCUT2D eigenvalue weighted by Crippen LogP contribution is -2.23. The molecular formula is C35H42N2O2. The Hall–Kier alpha value is -3.92. The number of anilines is 2. The van der Waals surface area contributed by atoms with Crippen molar-refractivity contribution in [2.24, 2.45) is 0 Å². The molecule has 0 saturated heterocycles. The largest absolute Gasteiger partial charge is 0.455 e. The van der Waals surface area contributed by atoms with Gasteiger partial charge >= 0.3 is 0 Å². The highest BCUT2D eigenvalue weighted by atomic mass is 16.5. The number of hydrogen-bond acceptors (Lipinski definition) is 4. The summed E-state index contributed by atoms with van der Waals surface area (Å²) in [4.78, 5) is 0. The molecule has 4 aromatic rings. The third-order valence-corrected chi connectivity index (χ3v) is 7.56. The first-order valence-electron chi connectivity index (χ1n) is 14.3. The van der Waals surface area contributed by atoms with Crippen molar-refractivity contribution in [3.8, 4) is 23.0 Å². The smallest absolute Gasteiger partial charge is 0.150 e. The van der Waals surface area contributed by atoms with Gasteiger partial charge in [-0.05, 0) is 66.1 Å². The van der Waals surface area contributed by atoms with Gasteiger partial charge in [0.05, 0.1) is 11.4 Å². The molecule has 0 fully saturated rings. The molecule has 0 spiro atoms. The molecule has 204 valence electrons. The normalized spacial score (nSPS) is 11.3. The molecule has 0 aliphatic heterocycles. The van der Waals surface area contributed by atoms with Crippen molar-refractivity contribution < 1.29 is 9.47 Å². The fourth-order valence-electron chi connectivity index (χ4n) is 5.07. The van der Waals surface area contributed by atoms with Crippen LogP contribution in [0.3, 0.4) is 0 Å². The Morgan fingerprint density at radius 1 is 0.538 bits per heavy atom. The predicted octanol–water partition coefficient (Wildman–Crippen LogP) is 9.88. The van der Waals surface area contributed by atoms with Crippen LogP contribution in [0.5, 0.6) is 23.0 Å². The summed E-state index contributed by atoms with van der Waals surface area (Å²) in [5, 5.41) is 0. The highest BCUT2D eigenvalue weighted by Crippen LogP contribution is 2.39. The summed E-state index contributed by atoms with van der Waals surface area (Å²) < 4.78 is 12.1. The van der Waals surface area contributed by atoms with E-state index in [9.17, 15) is 0 Å². The van der Waals surface area contributed by atoms with Crippen LogP contribution in [0.2, 0.25) is 0 Å². The molecule has 0 bridgehead atoms. The summed E-state index contributed by atoms with van der Waals surface area (Å²) in [7, 11) is 0. The van der Waals surface area contributed by atoms with Gasteiger partial charge in [-0.25, -0.2) is 0 Å². The second-order valence-corrected chi connectivity index (χ2v) is 10.5. The molecule has 4 aromatic carbocycles. The number of para-hydroxylation sites is 4. The maximum Gasteiger partial charge on any atom is 0.150 e. The average Bonchev–Trinajstić information content (AvgIpc) is 2.96. The number of ether oxygens (including phenoxy) is 2. The molecule has 0 aliphatic rings. The van der Waals surface area contributed by atoms with Crippen LogP contribution in [-0.2, 0) is 5.41 Å². The van der Waals surface area contributed by atoms with Gasteiger partial charge in [0.15, 0.2) is 0 Å². The number of rotatable bonds is 14. The number of nitrogens with two attached hydrogens (primary N) is 2. The van der Waals surface area contributed by atoms with Crippen LogP contribution in [0.1, 0.15) is 76.3 Å². The lowest BCUT2D eigenvalue weighted by atomic mass is 9.72. The summed E-state index contributed by atoms with van der Waals surface area (Å²) in [5.41, 5.74) is 15.8. The zero-order valence-corrected chi connectivity index (χ0v) is 23.4. The second kappa shape index (κ2) is 13.7. The van der Waals surface area contributed by atoms with E-state index in [0.29, 0.717) is 22.9 Å². The van der Waals surface area contributed by atoms with Gasteiger partial charge in [-0.1, -0.05) is 107 Å². The van der Waals surface area contributed by atoms with Gasteiger partial charge in [-0.15, -0.1) is 0 Å². The summed E-state index contributed by atoms with van der Waals surface area (Å²) in [6.45, 7) is 4.61. The van der Waals surface area contributed by atoms with E-state index in [1.54, 1.807) is 0 Å². The van der Waals surface area contributed by atoms with Crippen LogP contribution < -0.4 is 20.9 Å². The van der Waals surface area contributed by atoms with Crippen molar-refractivity contribution in [3.05, 3.63) is 108 Å². The molecule has 0 amide bonds. The minimum atomic E-state index is -0.141. The Labute approximate surface area is 234 Å². The van der Waals surface area contributed by atoms with Crippen molar-refractivity contribution in [2.75, 3.05) is 11.5 Å². The van der Waals surface area contributed by atoms with Crippen molar-refractivity contribution in [1.82, 2.24) is 0 Å². The third-order valence-electron chi connectivity index (χ3n) is 7.56. The standard InChI is InChI=1S/C35H42N2O2/c1-3-4-5-6-7-8-13-26-35(2,27-18-22-29(23-19-27)38-33-16-11-9-14-31(33)36)28-20-24-30(25-21-28)39-34-17-12-10-15-32(34)37/h9-12,14-25H,3-8,13,26,36-37H2,1-2H3. The first-order valence-corrected chi connectivity index (χ1v) is 14.3. The first kappa shape index (κ1) is 28.1. The number of unbranched alkanes of at least 4 members (excludes halogenated alkanes) is 6. The maximum atomic E-state index is 6.08. The van der Waals surface area contributed by atoms with E-state index in [2.05, 4.69) is 38.1 Å². The number of nitrogen functional groups attached to an aromatic ring is 2. The summed E-state index contributed by atoms with van der Waals surface area (Å²) in [5.74, 6) is 2.90. The molecular weight excluding hydrogens is 480 g/mol. The van der Waals surface area contributed by atoms with E-state index in [1.807, 2.05) is 72.8 Å². The van der Waals surface area contributed by atoms with Gasteiger partial charge in [0.2, 0.25) is 0 Å². The van der Waals surface area contributed by atoms with Gasteiger partial charge < -0.3 is 20.9 Å². The van der Waals surface area contributed by atoms with Crippen LogP contribution in [0, 0.1) is 0 Å². The van der Waals surface area contributed by atoms with Gasteiger partial charge in [0.1, 0.15) is 23.0 Å². The molecule has 4 rings (SSSR count). The fraction of sp³-hybridized carbons (Fsp3) is 0.314. The quantitative estimate of drug-likeness (QED) is 0.128. The summed E-state index contributed by atoms with van der Waals surface area (Å²) in [6.07, 6.45) is 10.1. The zero-order valence-electron chi connectivity index (χ0n) is 23.4. The summed E-state index contributed by atoms with van der Waals surface area (Å²) >= 11 is 0. The van der Waals surface area contributed by atoms with E-state index in [-0.39, 0.29) is 5.41 Å². The maximum absolute atomic E-state index is 6.08. The van der Waals surface area contributed by atoms with Crippen LogP contribution in [-0.4, -0.2) is 0 Å². The van der Waals surface area contributed by atoms with Gasteiger partial charge in [-0.3, -0.25) is 0 Å². The Bertz CT molecular complexity index is 1210. The Morgan fingerprint density at radius 2 is 0.949 bits per heavy atom. The Morgan fingerprint density at radius 3 is 1.38 bits per heavy atom. The van der Waals surface area contributed by atoms with Gasteiger partial charge in [0, 0.05) is 5.41 Å². The number of hydrogen-bond donors (Lipinski definition) is 2. The molecule has 0 atom stereocenters. The van der Waals surface area contributed by atoms with E-state index < -0.39 is 0 Å². The van der Waals surface area contributed by atoms with Crippen molar-refractivity contribution >= 4 is 11.4 Å². The SMILES string of the molecule is CCCCCCCCCC(C)(c1ccc(Oc2ccccc2N)cc1)c1ccc(Oc2ccccc2N)cc1. The second-order valence-electron chi connectivity index (χ2n) is 10.5. The minimum Gasteiger partial charge on any atom is -0.455 e. The molecule has 0 heterocycles. The van der Waals surface area contributed by atoms with Crippen molar-refractivity contribution in [2.45, 2.75) is 70.6 Å². The molecule has 39 heavy (non-hydrogen) atoms. The third kappa shape index (κ3) is 7.57. The Balaban J connectivity index is 1.52. The highest BCUT2D eigenvalue weighted by Gasteiger charge is 2.28. The minimum absolute atomic E-state index is 0.141. The lowest BCUT2D eigenvalue weighted by molar-refractivity contribution is 0.463. The molecule has 0 aromatic heterocycles. The van der Waals surface area contributed by atoms with Gasteiger partial charge in [0.25, 0.3) is 0 Å². The first-order chi connectivity index (χ1) is 19.0. The molecule has 4 nitrogen and oxygen atoms in total. The molecule has 0 saturated carbocycles. The molecule has 0 unspecified atom stereocenters. The Kier molecular flexibility index (Phi) is 9.91. The number of benzene rings is 4. The van der Waals surface area contributed by atoms with E-state index in [0.717, 1.165) is 17.9 Å². The molecule has 0 radical (unpaired) electrons. The van der Waals surface area contributed by atoms with Crippen LogP contribution in [0.15, 0.2) is 97.1 Å². The van der Waals surface area contributed by atoms with E-state index >= 15 is 0 Å². The summed E-state index contributed by atoms with van der Waals surface area (Å²) in [6, 6.07) is 32.1. The fourth-order valence-corrected chi connectivity index (χ4v) is 5.07.